The minimum absolute atomic E-state index is 0.134. The van der Waals surface area contributed by atoms with Crippen molar-refractivity contribution in [3.8, 4) is 0 Å². The van der Waals surface area contributed by atoms with Crippen LogP contribution in [0.3, 0.4) is 0 Å². The van der Waals surface area contributed by atoms with Crippen LogP contribution in [0, 0.1) is 0 Å². The molecule has 0 N–H and O–H groups in total. The molecular weight excluding hydrogens is 222 g/mol. The zero-order chi connectivity index (χ0) is 14.4. The van der Waals surface area contributed by atoms with E-state index < -0.39 is 0 Å². The third kappa shape index (κ3) is 7.10. The van der Waals surface area contributed by atoms with Crippen LogP contribution in [0.25, 0.3) is 0 Å². The van der Waals surface area contributed by atoms with Gasteiger partial charge in [-0.1, -0.05) is 52.8 Å². The van der Waals surface area contributed by atoms with Gasteiger partial charge in [0.15, 0.2) is 0 Å². The Labute approximate surface area is 113 Å². The molecule has 0 heterocycles. The molecule has 0 unspecified atom stereocenters. The minimum atomic E-state index is 0.134. The van der Waals surface area contributed by atoms with Crippen molar-refractivity contribution in [1.29, 1.82) is 0 Å². The molecule has 0 spiro atoms. The number of carbonyl (C=O) groups is 1. The first-order valence-corrected chi connectivity index (χ1v) is 7.14. The highest BCUT2D eigenvalue weighted by atomic mass is 16.2. The summed E-state index contributed by atoms with van der Waals surface area (Å²) in [5, 5.41) is 0. The maximum atomic E-state index is 11.9. The Kier molecular flexibility index (Phi) is 14.5. The molecule has 0 atom stereocenters. The molecule has 0 aliphatic carbocycles. The van der Waals surface area contributed by atoms with Gasteiger partial charge in [0.1, 0.15) is 0 Å². The van der Waals surface area contributed by atoms with E-state index in [1.807, 2.05) is 69.9 Å². The van der Waals surface area contributed by atoms with Gasteiger partial charge < -0.3 is 4.90 Å². The summed E-state index contributed by atoms with van der Waals surface area (Å²) in [5.74, 6) is 0.134. The topological polar surface area (TPSA) is 20.3 Å². The minimum Gasteiger partial charge on any atom is -0.339 e. The van der Waals surface area contributed by atoms with Crippen molar-refractivity contribution in [1.82, 2.24) is 4.90 Å². The summed E-state index contributed by atoms with van der Waals surface area (Å²) in [4.78, 5) is 13.8. The van der Waals surface area contributed by atoms with Gasteiger partial charge in [-0.15, -0.1) is 0 Å². The summed E-state index contributed by atoms with van der Waals surface area (Å²) >= 11 is 0. The van der Waals surface area contributed by atoms with E-state index in [1.54, 1.807) is 0 Å². The molecular formula is C16H29NO. The lowest BCUT2D eigenvalue weighted by molar-refractivity contribution is 0.0764. The fourth-order valence-corrected chi connectivity index (χ4v) is 1.44. The molecule has 0 aliphatic rings. The second-order valence-corrected chi connectivity index (χ2v) is 3.25. The fraction of sp³-hybridized carbons (Fsp3) is 0.562. The monoisotopic (exact) mass is 251 g/mol. The van der Waals surface area contributed by atoms with E-state index in [0.29, 0.717) is 0 Å². The predicted octanol–water partition coefficient (Wildman–Crippen LogP) is 4.61. The van der Waals surface area contributed by atoms with E-state index in [9.17, 15) is 4.79 Å². The van der Waals surface area contributed by atoms with Crippen molar-refractivity contribution in [2.75, 3.05) is 13.1 Å². The number of hydrogen-bond donors (Lipinski definition) is 0. The molecule has 2 heteroatoms. The summed E-state index contributed by atoms with van der Waals surface area (Å²) in [6.07, 6.45) is 1.01. The molecule has 0 fully saturated rings. The van der Waals surface area contributed by atoms with Gasteiger partial charge in [0, 0.05) is 18.7 Å². The number of hydrogen-bond acceptors (Lipinski definition) is 1. The summed E-state index contributed by atoms with van der Waals surface area (Å²) in [6.45, 7) is 13.7. The van der Waals surface area contributed by atoms with Crippen molar-refractivity contribution in [3.05, 3.63) is 35.9 Å². The quantitative estimate of drug-likeness (QED) is 0.765. The van der Waals surface area contributed by atoms with Gasteiger partial charge in [0.05, 0.1) is 0 Å². The van der Waals surface area contributed by atoms with Gasteiger partial charge in [0.25, 0.3) is 5.91 Å². The number of carbonyl (C=O) groups excluding carboxylic acids is 1. The Hall–Kier alpha value is -1.31. The predicted molar refractivity (Wildman–Crippen MR) is 81.0 cm³/mol. The smallest absolute Gasteiger partial charge is 0.253 e. The van der Waals surface area contributed by atoms with Crippen LogP contribution < -0.4 is 0 Å². The zero-order valence-electron chi connectivity index (χ0n) is 12.9. The summed E-state index contributed by atoms with van der Waals surface area (Å²) in [5.41, 5.74) is 0.780. The normalized spacial score (nSPS) is 8.33. The van der Waals surface area contributed by atoms with E-state index in [2.05, 4.69) is 6.92 Å². The van der Waals surface area contributed by atoms with Crippen LogP contribution in [0.5, 0.6) is 0 Å². The van der Waals surface area contributed by atoms with Crippen molar-refractivity contribution >= 4 is 5.91 Å². The number of nitrogens with zero attached hydrogens (tertiary/aromatic N) is 1. The second-order valence-electron chi connectivity index (χ2n) is 3.25. The van der Waals surface area contributed by atoms with Crippen molar-refractivity contribution in [3.63, 3.8) is 0 Å². The highest BCUT2D eigenvalue weighted by Gasteiger charge is 2.11. The Balaban J connectivity index is 0. The molecule has 1 rings (SSSR count). The maximum Gasteiger partial charge on any atom is 0.253 e. The Morgan fingerprint density at radius 1 is 1.00 bits per heavy atom. The lowest BCUT2D eigenvalue weighted by Crippen LogP contribution is -2.31. The molecule has 0 bridgehead atoms. The molecule has 0 saturated carbocycles. The molecule has 0 radical (unpaired) electrons. The van der Waals surface area contributed by atoms with E-state index in [0.717, 1.165) is 25.1 Å². The van der Waals surface area contributed by atoms with E-state index in [4.69, 9.17) is 0 Å². The summed E-state index contributed by atoms with van der Waals surface area (Å²) in [6, 6.07) is 9.44. The van der Waals surface area contributed by atoms with Gasteiger partial charge in [-0.05, 0) is 25.5 Å². The van der Waals surface area contributed by atoms with E-state index in [-0.39, 0.29) is 5.91 Å². The lowest BCUT2D eigenvalue weighted by atomic mass is 10.2. The first-order valence-electron chi connectivity index (χ1n) is 7.14. The van der Waals surface area contributed by atoms with Gasteiger partial charge in [-0.25, -0.2) is 0 Å². The number of amides is 1. The molecule has 0 saturated heterocycles. The number of rotatable bonds is 4. The van der Waals surface area contributed by atoms with Crippen molar-refractivity contribution in [2.24, 2.45) is 0 Å². The zero-order valence-corrected chi connectivity index (χ0v) is 12.9. The maximum absolute atomic E-state index is 11.9. The van der Waals surface area contributed by atoms with Crippen LogP contribution in [-0.2, 0) is 0 Å². The van der Waals surface area contributed by atoms with Crippen LogP contribution in [0.15, 0.2) is 30.3 Å². The van der Waals surface area contributed by atoms with Gasteiger partial charge in [0.2, 0.25) is 0 Å². The molecule has 0 aliphatic heterocycles. The third-order valence-electron chi connectivity index (χ3n) is 2.18. The Bertz CT molecular complexity index is 282. The van der Waals surface area contributed by atoms with Gasteiger partial charge >= 0.3 is 0 Å². The molecule has 104 valence electrons. The highest BCUT2D eigenvalue weighted by Crippen LogP contribution is 2.04. The average molecular weight is 251 g/mol. The first kappa shape index (κ1) is 19.0. The van der Waals surface area contributed by atoms with E-state index >= 15 is 0 Å². The van der Waals surface area contributed by atoms with Gasteiger partial charge in [-0.3, -0.25) is 4.79 Å². The molecule has 1 aromatic rings. The Morgan fingerprint density at radius 3 is 1.89 bits per heavy atom. The molecule has 1 amide bonds. The van der Waals surface area contributed by atoms with Crippen molar-refractivity contribution < 1.29 is 4.79 Å². The van der Waals surface area contributed by atoms with Gasteiger partial charge in [-0.2, -0.15) is 0 Å². The van der Waals surface area contributed by atoms with Crippen LogP contribution in [-0.4, -0.2) is 23.9 Å². The third-order valence-corrected chi connectivity index (χ3v) is 2.18. The SMILES string of the molecule is CC.CC.CCCN(CC)C(=O)c1ccccc1. The van der Waals surface area contributed by atoms with Crippen molar-refractivity contribution in [2.45, 2.75) is 48.0 Å². The first-order chi connectivity index (χ1) is 8.79. The second kappa shape index (κ2) is 13.8. The van der Waals surface area contributed by atoms with Crippen LogP contribution in [0.2, 0.25) is 0 Å². The molecule has 2 nitrogen and oxygen atoms in total. The number of benzene rings is 1. The lowest BCUT2D eigenvalue weighted by Gasteiger charge is -2.19. The van der Waals surface area contributed by atoms with Crippen LogP contribution in [0.1, 0.15) is 58.3 Å². The van der Waals surface area contributed by atoms with Crippen LogP contribution >= 0.6 is 0 Å². The summed E-state index contributed by atoms with van der Waals surface area (Å²) < 4.78 is 0. The highest BCUT2D eigenvalue weighted by molar-refractivity contribution is 5.94. The van der Waals surface area contributed by atoms with E-state index in [1.165, 1.54) is 0 Å². The molecule has 1 aromatic carbocycles. The molecule has 0 aromatic heterocycles. The largest absolute Gasteiger partial charge is 0.339 e. The Morgan fingerprint density at radius 2 is 1.50 bits per heavy atom. The fourth-order valence-electron chi connectivity index (χ4n) is 1.44. The standard InChI is InChI=1S/C12H17NO.2C2H6/c1-3-10-13(4-2)12(14)11-8-6-5-7-9-11;2*1-2/h5-9H,3-4,10H2,1-2H3;2*1-2H3. The molecule has 18 heavy (non-hydrogen) atoms. The summed E-state index contributed by atoms with van der Waals surface area (Å²) in [7, 11) is 0. The average Bonchev–Trinajstić information content (AvgIpc) is 2.49. The van der Waals surface area contributed by atoms with Crippen LogP contribution in [0.4, 0.5) is 0 Å².